The summed E-state index contributed by atoms with van der Waals surface area (Å²) >= 11 is 85.2. The molecule has 194 valence electrons. The van der Waals surface area contributed by atoms with Crippen molar-refractivity contribution in [3.05, 3.63) is 57.1 Å². The quantitative estimate of drug-likeness (QED) is 0.122. The number of nitro groups is 1. The summed E-state index contributed by atoms with van der Waals surface area (Å²) in [7, 11) is 0. The molecule has 0 heterocycles. The Morgan fingerprint density at radius 3 is 1.36 bits per heavy atom. The van der Waals surface area contributed by atoms with E-state index in [-0.39, 0.29) is 25.8 Å². The lowest BCUT2D eigenvalue weighted by Crippen LogP contribution is -2.53. The molecule has 6 rings (SSSR count). The van der Waals surface area contributed by atoms with Gasteiger partial charge in [-0.2, -0.15) is 0 Å². The predicted molar refractivity (Wildman–Crippen MR) is 159 cm³/mol. The standard InChI is InChI=1S/C20H6Cl12INO2/c21-11-13(23)17(27)9-7(15(11,25)19(17,29)30)3-1-5(33)6(34(35)36)2-4(3)8-10(9)18(28)14(24)12(22)16(8,26)20(18,31)32/h1-2,7-10H/t7-,8-,9+,10+,15+,16+,17+,18+/m1/s1. The molecule has 0 saturated heterocycles. The van der Waals surface area contributed by atoms with Gasteiger partial charge in [-0.05, 0) is 39.8 Å². The largest absolute Gasteiger partial charge is 0.282 e. The maximum atomic E-state index is 11.9. The molecule has 4 bridgehead atoms. The Kier molecular flexibility index (Phi) is 6.18. The number of nitrogens with zero attached hydrogens (tertiary/aromatic N) is 1. The van der Waals surface area contributed by atoms with Gasteiger partial charge >= 0.3 is 0 Å². The normalized spacial score (nSPS) is 46.8. The lowest BCUT2D eigenvalue weighted by molar-refractivity contribution is -0.385. The van der Waals surface area contributed by atoms with Gasteiger partial charge in [0.25, 0.3) is 5.69 Å². The average Bonchev–Trinajstić information content (AvgIpc) is 3.12. The third-order valence-corrected chi connectivity index (χ3v) is 17.8. The number of fused-ring (bicyclic) bond motifs is 14. The maximum Gasteiger partial charge on any atom is 0.282 e. The summed E-state index contributed by atoms with van der Waals surface area (Å²) in [6, 6.07) is 2.99. The van der Waals surface area contributed by atoms with Crippen molar-refractivity contribution in [3.8, 4) is 0 Å². The van der Waals surface area contributed by atoms with Gasteiger partial charge in [-0.15, -0.1) is 46.4 Å². The van der Waals surface area contributed by atoms with Crippen molar-refractivity contribution < 1.29 is 4.92 Å². The fourth-order valence-electron chi connectivity index (χ4n) is 7.05. The van der Waals surface area contributed by atoms with Crippen LogP contribution in [-0.2, 0) is 0 Å². The molecule has 0 amide bonds. The second-order valence-corrected chi connectivity index (χ2v) is 17.2. The van der Waals surface area contributed by atoms with Crippen molar-refractivity contribution in [2.45, 2.75) is 40.0 Å². The summed E-state index contributed by atoms with van der Waals surface area (Å²) in [5.41, 5.74) is 0.713. The van der Waals surface area contributed by atoms with E-state index < -0.39 is 56.8 Å². The molecule has 8 atom stereocenters. The van der Waals surface area contributed by atoms with E-state index in [2.05, 4.69) is 0 Å². The summed E-state index contributed by atoms with van der Waals surface area (Å²) in [6.07, 6.45) is 0. The molecule has 0 aromatic heterocycles. The van der Waals surface area contributed by atoms with Gasteiger partial charge in [-0.1, -0.05) is 92.8 Å². The molecule has 0 radical (unpaired) electrons. The van der Waals surface area contributed by atoms with Gasteiger partial charge in [0.05, 0.1) is 28.6 Å². The summed E-state index contributed by atoms with van der Waals surface area (Å²) in [5, 5.41) is 11.7. The van der Waals surface area contributed by atoms with Crippen LogP contribution in [0.25, 0.3) is 0 Å². The van der Waals surface area contributed by atoms with E-state index in [1.54, 1.807) is 6.07 Å². The molecular weight excluding hydrogens is 839 g/mol. The van der Waals surface area contributed by atoms with Crippen LogP contribution in [0.2, 0.25) is 0 Å². The second kappa shape index (κ2) is 7.82. The van der Waals surface area contributed by atoms with Crippen LogP contribution in [0.5, 0.6) is 0 Å². The minimum absolute atomic E-state index is 0.0418. The Hall–Kier alpha value is 2.31. The minimum atomic E-state index is -1.99. The number of nitro benzene ring substituents is 1. The van der Waals surface area contributed by atoms with Crippen LogP contribution in [-0.4, -0.2) is 33.1 Å². The third-order valence-electron chi connectivity index (χ3n) is 8.39. The first-order valence-corrected chi connectivity index (χ1v) is 15.5. The number of allylic oxidation sites excluding steroid dienone is 4. The fraction of sp³-hybridized carbons (Fsp3) is 0.500. The van der Waals surface area contributed by atoms with Gasteiger partial charge in [-0.3, -0.25) is 10.1 Å². The van der Waals surface area contributed by atoms with Crippen molar-refractivity contribution in [3.63, 3.8) is 0 Å². The van der Waals surface area contributed by atoms with E-state index in [4.69, 9.17) is 139 Å². The van der Waals surface area contributed by atoms with Crippen LogP contribution in [0.15, 0.2) is 32.3 Å². The highest BCUT2D eigenvalue weighted by molar-refractivity contribution is 14.1. The van der Waals surface area contributed by atoms with Crippen LogP contribution in [0.4, 0.5) is 5.69 Å². The Morgan fingerprint density at radius 2 is 1.00 bits per heavy atom. The lowest BCUT2D eigenvalue weighted by atomic mass is 9.57. The molecule has 0 N–H and O–H groups in total. The Labute approximate surface area is 278 Å². The van der Waals surface area contributed by atoms with Crippen molar-refractivity contribution in [2.24, 2.45) is 11.8 Å². The highest BCUT2D eigenvalue weighted by atomic mass is 127. The number of hydrogen-bond donors (Lipinski definition) is 0. The molecule has 5 aliphatic carbocycles. The van der Waals surface area contributed by atoms with Crippen LogP contribution in [0, 0.1) is 25.5 Å². The number of benzene rings is 1. The smallest absolute Gasteiger partial charge is 0.258 e. The fourth-order valence-corrected chi connectivity index (χ4v) is 13.8. The molecule has 0 spiro atoms. The second-order valence-electron chi connectivity index (χ2n) is 9.45. The first-order chi connectivity index (χ1) is 16.3. The predicted octanol–water partition coefficient (Wildman–Crippen LogP) is 10.3. The van der Waals surface area contributed by atoms with Gasteiger partial charge in [0.2, 0.25) is 0 Å². The molecule has 2 fully saturated rings. The Balaban J connectivity index is 1.80. The molecule has 0 unspecified atom stereocenters. The van der Waals surface area contributed by atoms with E-state index in [1.807, 2.05) is 22.6 Å². The Morgan fingerprint density at radius 1 is 0.667 bits per heavy atom. The van der Waals surface area contributed by atoms with Crippen LogP contribution >= 0.6 is 162 Å². The van der Waals surface area contributed by atoms with Crippen LogP contribution in [0.3, 0.4) is 0 Å². The van der Waals surface area contributed by atoms with Gasteiger partial charge < -0.3 is 0 Å². The summed E-state index contributed by atoms with van der Waals surface area (Å²) in [5.74, 6) is -3.55. The molecule has 2 saturated carbocycles. The number of halogens is 13. The molecule has 36 heavy (non-hydrogen) atoms. The summed E-state index contributed by atoms with van der Waals surface area (Å²) < 4.78 is -3.63. The van der Waals surface area contributed by atoms with Crippen molar-refractivity contribution in [1.82, 2.24) is 0 Å². The molecular formula is C20H6Cl12INO2. The maximum absolute atomic E-state index is 11.9. The molecule has 1 aromatic carbocycles. The number of hydrogen-bond acceptors (Lipinski definition) is 2. The van der Waals surface area contributed by atoms with Crippen LogP contribution in [0.1, 0.15) is 23.0 Å². The molecule has 1 aromatic rings. The lowest BCUT2D eigenvalue weighted by Gasteiger charge is -2.52. The summed E-state index contributed by atoms with van der Waals surface area (Å²) in [4.78, 5) is 4.26. The molecule has 16 heteroatoms. The van der Waals surface area contributed by atoms with E-state index in [9.17, 15) is 10.1 Å². The number of alkyl halides is 8. The first kappa shape index (κ1) is 28.4. The van der Waals surface area contributed by atoms with E-state index >= 15 is 0 Å². The van der Waals surface area contributed by atoms with E-state index in [0.717, 1.165) is 0 Å². The molecule has 0 aliphatic heterocycles. The average molecular weight is 845 g/mol. The third kappa shape index (κ3) is 2.51. The van der Waals surface area contributed by atoms with Gasteiger partial charge in [-0.25, -0.2) is 0 Å². The van der Waals surface area contributed by atoms with Crippen molar-refractivity contribution in [2.75, 3.05) is 0 Å². The molecule has 3 nitrogen and oxygen atoms in total. The van der Waals surface area contributed by atoms with Crippen molar-refractivity contribution in [1.29, 1.82) is 0 Å². The van der Waals surface area contributed by atoms with Crippen molar-refractivity contribution >= 4 is 167 Å². The highest BCUT2D eigenvalue weighted by Gasteiger charge is 2.91. The molecule has 5 aliphatic rings. The van der Waals surface area contributed by atoms with E-state index in [1.165, 1.54) is 6.07 Å². The number of rotatable bonds is 1. The van der Waals surface area contributed by atoms with E-state index in [0.29, 0.717) is 14.7 Å². The minimum Gasteiger partial charge on any atom is -0.258 e. The first-order valence-electron chi connectivity index (χ1n) is 9.93. The zero-order valence-electron chi connectivity index (χ0n) is 16.6. The summed E-state index contributed by atoms with van der Waals surface area (Å²) in [6.45, 7) is 0. The zero-order chi connectivity index (χ0) is 26.9. The Bertz CT molecular complexity index is 1400. The SMILES string of the molecule is O=[N+]([O-])c1cc2c(cc1I)[C@@H]1[C@@H]([C@@H]3[C@@H]2[C@]2(Cl)C(Cl)=C(Cl)[C@]3(Cl)C2(Cl)Cl)[C@]2(Cl)C(Cl)=C(Cl)[C@]1(Cl)C2(Cl)Cl. The van der Waals surface area contributed by atoms with Gasteiger partial charge in [0.1, 0.15) is 19.5 Å². The van der Waals surface area contributed by atoms with Crippen LogP contribution < -0.4 is 0 Å². The topological polar surface area (TPSA) is 43.1 Å². The zero-order valence-corrected chi connectivity index (χ0v) is 27.9. The van der Waals surface area contributed by atoms with Gasteiger partial charge in [0.15, 0.2) is 8.67 Å². The van der Waals surface area contributed by atoms with Gasteiger partial charge in [0, 0.05) is 29.7 Å². The monoisotopic (exact) mass is 839 g/mol. The highest BCUT2D eigenvalue weighted by Crippen LogP contribution is 2.88.